The van der Waals surface area contributed by atoms with E-state index in [4.69, 9.17) is 10.5 Å². The van der Waals surface area contributed by atoms with Gasteiger partial charge in [0.2, 0.25) is 15.9 Å². The van der Waals surface area contributed by atoms with E-state index in [1.807, 2.05) is 24.3 Å². The van der Waals surface area contributed by atoms with Gasteiger partial charge in [-0.3, -0.25) is 4.79 Å². The molecular formula is C19H20N2O5S. The third-order valence-electron chi connectivity index (χ3n) is 4.51. The van der Waals surface area contributed by atoms with Crippen molar-refractivity contribution in [3.63, 3.8) is 0 Å². The highest BCUT2D eigenvalue weighted by Gasteiger charge is 2.38. The van der Waals surface area contributed by atoms with Crippen molar-refractivity contribution in [2.75, 3.05) is 6.61 Å². The van der Waals surface area contributed by atoms with Gasteiger partial charge in [-0.25, -0.2) is 13.2 Å². The van der Waals surface area contributed by atoms with E-state index >= 15 is 0 Å². The second kappa shape index (κ2) is 7.50. The average molecular weight is 388 g/mol. The van der Waals surface area contributed by atoms with E-state index in [1.165, 1.54) is 24.3 Å². The van der Waals surface area contributed by atoms with Crippen molar-refractivity contribution >= 4 is 21.9 Å². The van der Waals surface area contributed by atoms with E-state index in [-0.39, 0.29) is 30.0 Å². The van der Waals surface area contributed by atoms with Crippen LogP contribution in [-0.4, -0.2) is 37.2 Å². The van der Waals surface area contributed by atoms with Gasteiger partial charge in [0.05, 0.1) is 17.1 Å². The van der Waals surface area contributed by atoms with Gasteiger partial charge < -0.3 is 10.5 Å². The first-order valence-electron chi connectivity index (χ1n) is 8.49. The molecule has 8 heteroatoms. The van der Waals surface area contributed by atoms with Crippen LogP contribution in [0.5, 0.6) is 0 Å². The third kappa shape index (κ3) is 3.72. The third-order valence-corrected chi connectivity index (χ3v) is 6.37. The van der Waals surface area contributed by atoms with Crippen molar-refractivity contribution in [1.82, 2.24) is 4.31 Å². The molecule has 1 aliphatic rings. The van der Waals surface area contributed by atoms with Gasteiger partial charge in [-0.15, -0.1) is 0 Å². The van der Waals surface area contributed by atoms with Crippen LogP contribution in [0.15, 0.2) is 53.4 Å². The molecule has 2 aromatic carbocycles. The number of carbonyl (C=O) groups is 2. The number of nitrogens with zero attached hydrogens (tertiary/aromatic N) is 1. The van der Waals surface area contributed by atoms with Crippen LogP contribution >= 0.6 is 0 Å². The molecule has 7 nitrogen and oxygen atoms in total. The number of fused-ring (bicyclic) bond motifs is 1. The molecule has 0 saturated heterocycles. The average Bonchev–Trinajstić information content (AvgIpc) is 2.67. The van der Waals surface area contributed by atoms with Crippen LogP contribution in [0.3, 0.4) is 0 Å². The topological polar surface area (TPSA) is 107 Å². The summed E-state index contributed by atoms with van der Waals surface area (Å²) in [7, 11) is -3.97. The molecule has 1 atom stereocenters. The number of primary amides is 1. The SMILES string of the molecule is CCOC(=O)c1ccc(S(=O)(=O)N2Cc3ccccc3C[C@@H]2C(N)=O)cc1. The van der Waals surface area contributed by atoms with Gasteiger partial charge in [0.1, 0.15) is 6.04 Å². The Morgan fingerprint density at radius 3 is 2.33 bits per heavy atom. The summed E-state index contributed by atoms with van der Waals surface area (Å²) in [6, 6.07) is 11.8. The first-order valence-corrected chi connectivity index (χ1v) is 9.93. The van der Waals surface area contributed by atoms with Gasteiger partial charge in [-0.2, -0.15) is 4.31 Å². The molecule has 0 aromatic heterocycles. The van der Waals surface area contributed by atoms with Gasteiger partial charge in [0.25, 0.3) is 0 Å². The standard InChI is InChI=1S/C19H20N2O5S/c1-2-26-19(23)13-7-9-16(10-8-13)27(24,25)21-12-15-6-4-3-5-14(15)11-17(21)18(20)22/h3-10,17H,2,11-12H2,1H3,(H2,20,22)/t17-/m1/s1. The second-order valence-corrected chi connectivity index (χ2v) is 8.08. The van der Waals surface area contributed by atoms with E-state index < -0.39 is 27.9 Å². The van der Waals surface area contributed by atoms with Crippen molar-refractivity contribution in [2.45, 2.75) is 30.8 Å². The predicted octanol–water partition coefficient (Wildman–Crippen LogP) is 1.46. The van der Waals surface area contributed by atoms with Crippen LogP contribution in [0.25, 0.3) is 0 Å². The minimum atomic E-state index is -3.97. The van der Waals surface area contributed by atoms with Crippen LogP contribution in [0.1, 0.15) is 28.4 Å². The number of hydrogen-bond donors (Lipinski definition) is 1. The van der Waals surface area contributed by atoms with E-state index in [1.54, 1.807) is 6.92 Å². The summed E-state index contributed by atoms with van der Waals surface area (Å²) in [5.41, 5.74) is 7.48. The van der Waals surface area contributed by atoms with Gasteiger partial charge in [0.15, 0.2) is 0 Å². The first kappa shape index (κ1) is 19.1. The van der Waals surface area contributed by atoms with Gasteiger partial charge in [-0.05, 0) is 48.7 Å². The summed E-state index contributed by atoms with van der Waals surface area (Å²) < 4.78 is 32.3. The molecule has 2 aromatic rings. The Balaban J connectivity index is 1.95. The second-order valence-electron chi connectivity index (χ2n) is 6.19. The monoisotopic (exact) mass is 388 g/mol. The van der Waals surface area contributed by atoms with Crippen LogP contribution in [0.4, 0.5) is 0 Å². The van der Waals surface area contributed by atoms with Gasteiger partial charge >= 0.3 is 5.97 Å². The number of amides is 1. The molecule has 2 N–H and O–H groups in total. The quantitative estimate of drug-likeness (QED) is 0.781. The van der Waals surface area contributed by atoms with E-state index in [9.17, 15) is 18.0 Å². The number of nitrogens with two attached hydrogens (primary N) is 1. The Morgan fingerprint density at radius 2 is 1.74 bits per heavy atom. The lowest BCUT2D eigenvalue weighted by Crippen LogP contribution is -2.50. The summed E-state index contributed by atoms with van der Waals surface area (Å²) >= 11 is 0. The molecule has 0 aliphatic carbocycles. The largest absolute Gasteiger partial charge is 0.462 e. The highest BCUT2D eigenvalue weighted by Crippen LogP contribution is 2.29. The van der Waals surface area contributed by atoms with Crippen molar-refractivity contribution in [2.24, 2.45) is 5.73 Å². The summed E-state index contributed by atoms with van der Waals surface area (Å²) in [6.45, 7) is 1.98. The molecule has 0 radical (unpaired) electrons. The zero-order chi connectivity index (χ0) is 19.6. The fraction of sp³-hybridized carbons (Fsp3) is 0.263. The molecular weight excluding hydrogens is 368 g/mol. The number of rotatable bonds is 5. The minimum Gasteiger partial charge on any atom is -0.462 e. The lowest BCUT2D eigenvalue weighted by Gasteiger charge is -2.34. The van der Waals surface area contributed by atoms with Crippen molar-refractivity contribution in [3.05, 3.63) is 65.2 Å². The summed E-state index contributed by atoms with van der Waals surface area (Å²) in [6.07, 6.45) is 0.228. The van der Waals surface area contributed by atoms with Crippen LogP contribution in [0.2, 0.25) is 0 Å². The van der Waals surface area contributed by atoms with Gasteiger partial charge in [-0.1, -0.05) is 24.3 Å². The maximum absolute atomic E-state index is 13.1. The number of ether oxygens (including phenoxy) is 1. The summed E-state index contributed by atoms with van der Waals surface area (Å²) in [5, 5.41) is 0. The van der Waals surface area contributed by atoms with Crippen LogP contribution in [-0.2, 0) is 32.5 Å². The fourth-order valence-electron chi connectivity index (χ4n) is 3.11. The van der Waals surface area contributed by atoms with E-state index in [2.05, 4.69) is 0 Å². The number of benzene rings is 2. The molecule has 3 rings (SSSR count). The summed E-state index contributed by atoms with van der Waals surface area (Å²) in [4.78, 5) is 23.7. The highest BCUT2D eigenvalue weighted by atomic mass is 32.2. The Morgan fingerprint density at radius 1 is 1.11 bits per heavy atom. The fourth-order valence-corrected chi connectivity index (χ4v) is 4.68. The zero-order valence-corrected chi connectivity index (χ0v) is 15.6. The predicted molar refractivity (Wildman–Crippen MR) is 98.3 cm³/mol. The number of esters is 1. The Bertz CT molecular complexity index is 970. The Labute approximate surface area is 157 Å². The Hall–Kier alpha value is -2.71. The molecule has 142 valence electrons. The number of sulfonamides is 1. The maximum atomic E-state index is 13.1. The van der Waals surface area contributed by atoms with Crippen LogP contribution in [0, 0.1) is 0 Å². The number of carbonyl (C=O) groups excluding carboxylic acids is 2. The molecule has 1 amide bonds. The van der Waals surface area contributed by atoms with E-state index in [0.717, 1.165) is 15.4 Å². The smallest absolute Gasteiger partial charge is 0.338 e. The molecule has 0 fully saturated rings. The van der Waals surface area contributed by atoms with Crippen molar-refractivity contribution in [1.29, 1.82) is 0 Å². The molecule has 0 saturated carbocycles. The summed E-state index contributed by atoms with van der Waals surface area (Å²) in [5.74, 6) is -1.22. The normalized spacial score (nSPS) is 17.1. The lowest BCUT2D eigenvalue weighted by molar-refractivity contribution is -0.122. The number of hydrogen-bond acceptors (Lipinski definition) is 5. The first-order chi connectivity index (χ1) is 12.8. The molecule has 0 spiro atoms. The zero-order valence-electron chi connectivity index (χ0n) is 14.8. The van der Waals surface area contributed by atoms with Crippen molar-refractivity contribution in [3.8, 4) is 0 Å². The minimum absolute atomic E-state index is 0.0128. The molecule has 1 heterocycles. The van der Waals surface area contributed by atoms with E-state index in [0.29, 0.717) is 0 Å². The van der Waals surface area contributed by atoms with Gasteiger partial charge in [0, 0.05) is 6.54 Å². The van der Waals surface area contributed by atoms with Crippen molar-refractivity contribution < 1.29 is 22.7 Å². The molecule has 1 aliphatic heterocycles. The molecule has 27 heavy (non-hydrogen) atoms. The van der Waals surface area contributed by atoms with Crippen LogP contribution < -0.4 is 5.73 Å². The Kier molecular flexibility index (Phi) is 5.29. The maximum Gasteiger partial charge on any atom is 0.338 e. The molecule has 0 bridgehead atoms. The molecule has 0 unspecified atom stereocenters. The highest BCUT2D eigenvalue weighted by molar-refractivity contribution is 7.89. The lowest BCUT2D eigenvalue weighted by atomic mass is 9.96.